The molecule has 0 aliphatic heterocycles. The van der Waals surface area contributed by atoms with Gasteiger partial charge in [-0.05, 0) is 43.2 Å². The quantitative estimate of drug-likeness (QED) is 0.853. The smallest absolute Gasteiger partial charge is 0.262 e. The second-order valence-electron chi connectivity index (χ2n) is 4.78. The molecular weight excluding hydrogens is 291 g/mol. The second kappa shape index (κ2) is 5.73. The van der Waals surface area contributed by atoms with Crippen LogP contribution in [0, 0.1) is 12.7 Å². The molecule has 6 heteroatoms. The molecule has 0 aliphatic carbocycles. The number of nitrogens with two attached hydrogens (primary N) is 1. The Morgan fingerprint density at radius 2 is 1.81 bits per heavy atom. The number of hydrogen-bond donors (Lipinski definition) is 2. The van der Waals surface area contributed by atoms with E-state index in [0.29, 0.717) is 5.69 Å². The highest BCUT2D eigenvalue weighted by Gasteiger charge is 2.17. The zero-order valence-electron chi connectivity index (χ0n) is 11.9. The van der Waals surface area contributed by atoms with Gasteiger partial charge in [0, 0.05) is 16.9 Å². The Bertz CT molecular complexity index is 733. The predicted octanol–water partition coefficient (Wildman–Crippen LogP) is 3.08. The van der Waals surface area contributed by atoms with Crippen LogP contribution in [-0.2, 0) is 16.4 Å². The van der Waals surface area contributed by atoms with E-state index in [1.165, 1.54) is 13.0 Å². The van der Waals surface area contributed by atoms with Crippen LogP contribution in [-0.4, -0.2) is 8.42 Å². The van der Waals surface area contributed by atoms with Crippen LogP contribution in [0.3, 0.4) is 0 Å². The van der Waals surface area contributed by atoms with Crippen molar-refractivity contribution in [2.45, 2.75) is 25.2 Å². The normalized spacial score (nSPS) is 11.4. The summed E-state index contributed by atoms with van der Waals surface area (Å²) in [7, 11) is -3.86. The monoisotopic (exact) mass is 308 g/mol. The molecule has 0 radical (unpaired) electrons. The van der Waals surface area contributed by atoms with E-state index in [-0.39, 0.29) is 16.1 Å². The minimum atomic E-state index is -3.86. The second-order valence-corrected chi connectivity index (χ2v) is 6.46. The molecule has 0 amide bonds. The Labute approximate surface area is 123 Å². The molecule has 0 spiro atoms. The van der Waals surface area contributed by atoms with Gasteiger partial charge in [0.25, 0.3) is 10.0 Å². The number of benzene rings is 2. The molecular formula is C15H17FN2O2S. The van der Waals surface area contributed by atoms with E-state index in [9.17, 15) is 12.8 Å². The summed E-state index contributed by atoms with van der Waals surface area (Å²) < 4.78 is 40.5. The molecule has 0 saturated heterocycles. The summed E-state index contributed by atoms with van der Waals surface area (Å²) in [5.41, 5.74) is 7.49. The van der Waals surface area contributed by atoms with Gasteiger partial charge in [-0.1, -0.05) is 19.1 Å². The summed E-state index contributed by atoms with van der Waals surface area (Å²) in [6, 6.07) is 9.23. The van der Waals surface area contributed by atoms with E-state index in [2.05, 4.69) is 4.72 Å². The first-order valence-electron chi connectivity index (χ1n) is 6.51. The van der Waals surface area contributed by atoms with Gasteiger partial charge in [0.15, 0.2) is 0 Å². The first-order chi connectivity index (χ1) is 9.83. The number of anilines is 2. The molecule has 3 N–H and O–H groups in total. The van der Waals surface area contributed by atoms with E-state index in [1.807, 2.05) is 19.1 Å². The summed E-state index contributed by atoms with van der Waals surface area (Å²) in [6.45, 7) is 3.51. The standard InChI is InChI=1S/C15H17FN2O2S/c1-3-11-4-6-12(7-5-11)18-21(19,20)13-8-14(16)10(2)15(17)9-13/h4-9,18H,3,17H2,1-2H3. The largest absolute Gasteiger partial charge is 0.398 e. The van der Waals surface area contributed by atoms with Crippen molar-refractivity contribution in [2.75, 3.05) is 10.5 Å². The maximum absolute atomic E-state index is 13.6. The fourth-order valence-corrected chi connectivity index (χ4v) is 2.96. The number of halogens is 1. The number of sulfonamides is 1. The highest BCUT2D eigenvalue weighted by Crippen LogP contribution is 2.23. The van der Waals surface area contributed by atoms with E-state index < -0.39 is 15.8 Å². The number of nitrogens with one attached hydrogen (secondary N) is 1. The summed E-state index contributed by atoms with van der Waals surface area (Å²) in [5.74, 6) is -0.642. The molecule has 0 unspecified atom stereocenters. The predicted molar refractivity (Wildman–Crippen MR) is 82.2 cm³/mol. The highest BCUT2D eigenvalue weighted by molar-refractivity contribution is 7.92. The van der Waals surface area contributed by atoms with Crippen LogP contribution in [0.2, 0.25) is 0 Å². The van der Waals surface area contributed by atoms with Gasteiger partial charge in [-0.15, -0.1) is 0 Å². The molecule has 0 aliphatic rings. The molecule has 21 heavy (non-hydrogen) atoms. The van der Waals surface area contributed by atoms with Crippen molar-refractivity contribution in [3.8, 4) is 0 Å². The molecule has 2 aromatic carbocycles. The van der Waals surface area contributed by atoms with Crippen LogP contribution in [0.5, 0.6) is 0 Å². The third kappa shape index (κ3) is 3.33. The average Bonchev–Trinajstić information content (AvgIpc) is 2.44. The highest BCUT2D eigenvalue weighted by atomic mass is 32.2. The maximum atomic E-state index is 13.6. The van der Waals surface area contributed by atoms with Crippen molar-refractivity contribution in [1.29, 1.82) is 0 Å². The zero-order chi connectivity index (χ0) is 15.6. The summed E-state index contributed by atoms with van der Waals surface area (Å²) in [5, 5.41) is 0. The van der Waals surface area contributed by atoms with Crippen molar-refractivity contribution in [3.05, 3.63) is 53.3 Å². The summed E-state index contributed by atoms with van der Waals surface area (Å²) in [4.78, 5) is -0.192. The van der Waals surface area contributed by atoms with Crippen LogP contribution in [0.1, 0.15) is 18.1 Å². The molecule has 0 aromatic heterocycles. The van der Waals surface area contributed by atoms with Gasteiger partial charge in [-0.25, -0.2) is 12.8 Å². The maximum Gasteiger partial charge on any atom is 0.262 e. The lowest BCUT2D eigenvalue weighted by atomic mass is 10.2. The van der Waals surface area contributed by atoms with Crippen molar-refractivity contribution < 1.29 is 12.8 Å². The van der Waals surface area contributed by atoms with Gasteiger partial charge in [0.2, 0.25) is 0 Å². The van der Waals surface area contributed by atoms with Crippen molar-refractivity contribution in [3.63, 3.8) is 0 Å². The molecule has 0 saturated carbocycles. The number of rotatable bonds is 4. The van der Waals surface area contributed by atoms with Gasteiger partial charge in [0.1, 0.15) is 5.82 Å². The molecule has 0 atom stereocenters. The first kappa shape index (κ1) is 15.3. The van der Waals surface area contributed by atoms with Gasteiger partial charge < -0.3 is 5.73 Å². The lowest BCUT2D eigenvalue weighted by molar-refractivity contribution is 0.593. The molecule has 2 aromatic rings. The Morgan fingerprint density at radius 1 is 1.19 bits per heavy atom. The Hall–Kier alpha value is -2.08. The molecule has 0 heterocycles. The van der Waals surface area contributed by atoms with E-state index >= 15 is 0 Å². The van der Waals surface area contributed by atoms with Gasteiger partial charge in [0.05, 0.1) is 4.90 Å². The van der Waals surface area contributed by atoms with Crippen LogP contribution in [0.15, 0.2) is 41.3 Å². The third-order valence-corrected chi connectivity index (χ3v) is 4.64. The van der Waals surface area contributed by atoms with Gasteiger partial charge >= 0.3 is 0 Å². The Balaban J connectivity index is 2.33. The van der Waals surface area contributed by atoms with Crippen LogP contribution in [0.4, 0.5) is 15.8 Å². The van der Waals surface area contributed by atoms with E-state index in [4.69, 9.17) is 5.73 Å². The lowest BCUT2D eigenvalue weighted by Crippen LogP contribution is -2.14. The Morgan fingerprint density at radius 3 is 2.33 bits per heavy atom. The molecule has 0 fully saturated rings. The van der Waals surface area contributed by atoms with Gasteiger partial charge in [-0.3, -0.25) is 4.72 Å². The SMILES string of the molecule is CCc1ccc(NS(=O)(=O)c2cc(N)c(C)c(F)c2)cc1. The molecule has 112 valence electrons. The fourth-order valence-electron chi connectivity index (χ4n) is 1.85. The van der Waals surface area contributed by atoms with Crippen LogP contribution < -0.4 is 10.5 Å². The number of nitrogen functional groups attached to an aromatic ring is 1. The van der Waals surface area contributed by atoms with Crippen molar-refractivity contribution in [1.82, 2.24) is 0 Å². The van der Waals surface area contributed by atoms with Crippen molar-refractivity contribution >= 4 is 21.4 Å². The topological polar surface area (TPSA) is 72.2 Å². The first-order valence-corrected chi connectivity index (χ1v) is 7.99. The lowest BCUT2D eigenvalue weighted by Gasteiger charge is -2.10. The van der Waals surface area contributed by atoms with Crippen LogP contribution in [0.25, 0.3) is 0 Å². The molecule has 2 rings (SSSR count). The van der Waals surface area contributed by atoms with Crippen LogP contribution >= 0.6 is 0 Å². The van der Waals surface area contributed by atoms with Gasteiger partial charge in [-0.2, -0.15) is 0 Å². The third-order valence-electron chi connectivity index (χ3n) is 3.28. The Kier molecular flexibility index (Phi) is 4.18. The number of aryl methyl sites for hydroxylation is 1. The van der Waals surface area contributed by atoms with E-state index in [1.54, 1.807) is 12.1 Å². The average molecular weight is 308 g/mol. The van der Waals surface area contributed by atoms with E-state index in [0.717, 1.165) is 18.1 Å². The fraction of sp³-hybridized carbons (Fsp3) is 0.200. The molecule has 4 nitrogen and oxygen atoms in total. The number of hydrogen-bond acceptors (Lipinski definition) is 3. The minimum absolute atomic E-state index is 0.108. The summed E-state index contributed by atoms with van der Waals surface area (Å²) >= 11 is 0. The summed E-state index contributed by atoms with van der Waals surface area (Å²) in [6.07, 6.45) is 0.868. The minimum Gasteiger partial charge on any atom is -0.398 e. The van der Waals surface area contributed by atoms with Crippen molar-refractivity contribution in [2.24, 2.45) is 0 Å². The molecule has 0 bridgehead atoms. The zero-order valence-corrected chi connectivity index (χ0v) is 12.7.